The third-order valence-electron chi connectivity index (χ3n) is 1.74. The molecule has 0 saturated carbocycles. The largest absolute Gasteiger partial charge is 0.273 e. The molecule has 2 amide bonds. The molecule has 0 aliphatic heterocycles. The van der Waals surface area contributed by atoms with E-state index in [1.807, 2.05) is 6.92 Å². The second-order valence-corrected chi connectivity index (χ2v) is 2.99. The summed E-state index contributed by atoms with van der Waals surface area (Å²) in [4.78, 5) is 26.2. The number of aromatic nitrogens is 1. The zero-order chi connectivity index (χ0) is 11.1. The summed E-state index contributed by atoms with van der Waals surface area (Å²) in [5, 5.41) is 0. The van der Waals surface area contributed by atoms with Crippen LogP contribution in [0.1, 0.15) is 30.1 Å². The van der Waals surface area contributed by atoms with Gasteiger partial charge in [-0.05, 0) is 18.6 Å². The molecule has 5 heteroatoms. The number of carbonyl (C=O) groups is 2. The van der Waals surface area contributed by atoms with E-state index < -0.39 is 0 Å². The SMILES string of the molecule is CCCC(=O)NNC(=O)c1ccncc1. The van der Waals surface area contributed by atoms with Gasteiger partial charge in [0.1, 0.15) is 0 Å². The predicted molar refractivity (Wildman–Crippen MR) is 54.8 cm³/mol. The van der Waals surface area contributed by atoms with Gasteiger partial charge in [0.25, 0.3) is 5.91 Å². The molecular formula is C10H13N3O2. The number of amides is 2. The van der Waals surface area contributed by atoms with Crippen molar-refractivity contribution < 1.29 is 9.59 Å². The molecule has 0 aromatic carbocycles. The minimum Gasteiger partial charge on any atom is -0.273 e. The molecule has 0 atom stereocenters. The van der Waals surface area contributed by atoms with Crippen LogP contribution in [-0.2, 0) is 4.79 Å². The zero-order valence-electron chi connectivity index (χ0n) is 8.49. The number of hydrogen-bond acceptors (Lipinski definition) is 3. The molecule has 0 fully saturated rings. The first-order valence-electron chi connectivity index (χ1n) is 4.73. The molecule has 0 saturated heterocycles. The molecule has 0 aliphatic carbocycles. The van der Waals surface area contributed by atoms with Crippen LogP contribution in [0.3, 0.4) is 0 Å². The number of pyridine rings is 1. The highest BCUT2D eigenvalue weighted by Gasteiger charge is 2.05. The van der Waals surface area contributed by atoms with Gasteiger partial charge < -0.3 is 0 Å². The molecule has 1 heterocycles. The zero-order valence-corrected chi connectivity index (χ0v) is 8.49. The van der Waals surface area contributed by atoms with Crippen molar-refractivity contribution in [3.63, 3.8) is 0 Å². The van der Waals surface area contributed by atoms with Gasteiger partial charge in [-0.3, -0.25) is 25.4 Å². The monoisotopic (exact) mass is 207 g/mol. The van der Waals surface area contributed by atoms with Gasteiger partial charge in [-0.25, -0.2) is 0 Å². The van der Waals surface area contributed by atoms with E-state index in [9.17, 15) is 9.59 Å². The molecule has 1 rings (SSSR count). The van der Waals surface area contributed by atoms with E-state index in [1.165, 1.54) is 12.4 Å². The first kappa shape index (κ1) is 11.2. The third-order valence-corrected chi connectivity index (χ3v) is 1.74. The maximum Gasteiger partial charge on any atom is 0.269 e. The molecule has 2 N–H and O–H groups in total. The standard InChI is InChI=1S/C10H13N3O2/c1-2-3-9(14)12-13-10(15)8-4-6-11-7-5-8/h4-7H,2-3H2,1H3,(H,12,14)(H,13,15). The summed E-state index contributed by atoms with van der Waals surface area (Å²) in [5.74, 6) is -0.540. The quantitative estimate of drug-likeness (QED) is 0.714. The number of hydrogen-bond donors (Lipinski definition) is 2. The van der Waals surface area contributed by atoms with Crippen LogP contribution in [0.2, 0.25) is 0 Å². The summed E-state index contributed by atoms with van der Waals surface area (Å²) in [6, 6.07) is 3.14. The van der Waals surface area contributed by atoms with Crippen LogP contribution in [0, 0.1) is 0 Å². The van der Waals surface area contributed by atoms with Crippen molar-refractivity contribution in [3.05, 3.63) is 30.1 Å². The summed E-state index contributed by atoms with van der Waals surface area (Å²) < 4.78 is 0. The lowest BCUT2D eigenvalue weighted by Crippen LogP contribution is -2.41. The van der Waals surface area contributed by atoms with Crippen molar-refractivity contribution in [1.82, 2.24) is 15.8 Å². The van der Waals surface area contributed by atoms with Crippen LogP contribution in [0.15, 0.2) is 24.5 Å². The molecule has 0 radical (unpaired) electrons. The van der Waals surface area contributed by atoms with Crippen molar-refractivity contribution in [2.75, 3.05) is 0 Å². The number of carbonyl (C=O) groups excluding carboxylic acids is 2. The Hall–Kier alpha value is -1.91. The fraction of sp³-hybridized carbons (Fsp3) is 0.300. The van der Waals surface area contributed by atoms with E-state index in [4.69, 9.17) is 0 Å². The molecule has 1 aromatic rings. The topological polar surface area (TPSA) is 71.1 Å². The van der Waals surface area contributed by atoms with E-state index in [2.05, 4.69) is 15.8 Å². The van der Waals surface area contributed by atoms with Crippen molar-refractivity contribution in [2.24, 2.45) is 0 Å². The van der Waals surface area contributed by atoms with Crippen molar-refractivity contribution in [3.8, 4) is 0 Å². The fourth-order valence-electron chi connectivity index (χ4n) is 0.991. The number of nitrogens with zero attached hydrogens (tertiary/aromatic N) is 1. The molecule has 5 nitrogen and oxygen atoms in total. The molecular weight excluding hydrogens is 194 g/mol. The number of hydrazine groups is 1. The Balaban J connectivity index is 2.40. The Labute approximate surface area is 87.9 Å². The summed E-state index contributed by atoms with van der Waals surface area (Å²) in [6.45, 7) is 1.89. The van der Waals surface area contributed by atoms with Gasteiger partial charge in [-0.2, -0.15) is 0 Å². The van der Waals surface area contributed by atoms with Crippen LogP contribution in [0.25, 0.3) is 0 Å². The van der Waals surface area contributed by atoms with Crippen LogP contribution in [-0.4, -0.2) is 16.8 Å². The van der Waals surface area contributed by atoms with Gasteiger partial charge >= 0.3 is 0 Å². The number of rotatable bonds is 3. The molecule has 0 aliphatic rings. The van der Waals surface area contributed by atoms with Crippen molar-refractivity contribution in [2.45, 2.75) is 19.8 Å². The molecule has 0 bridgehead atoms. The lowest BCUT2D eigenvalue weighted by atomic mass is 10.2. The molecule has 0 spiro atoms. The highest BCUT2D eigenvalue weighted by Crippen LogP contribution is 1.94. The van der Waals surface area contributed by atoms with Crippen LogP contribution < -0.4 is 10.9 Å². The maximum atomic E-state index is 11.4. The van der Waals surface area contributed by atoms with Gasteiger partial charge in [0.15, 0.2) is 0 Å². The first-order valence-corrected chi connectivity index (χ1v) is 4.73. The van der Waals surface area contributed by atoms with E-state index in [0.29, 0.717) is 12.0 Å². The van der Waals surface area contributed by atoms with Gasteiger partial charge in [-0.1, -0.05) is 6.92 Å². The summed E-state index contributed by atoms with van der Waals surface area (Å²) >= 11 is 0. The smallest absolute Gasteiger partial charge is 0.269 e. The molecule has 1 aromatic heterocycles. The van der Waals surface area contributed by atoms with Gasteiger partial charge in [-0.15, -0.1) is 0 Å². The Kier molecular flexibility index (Phi) is 4.28. The minimum atomic E-state index is -0.346. The van der Waals surface area contributed by atoms with Gasteiger partial charge in [0, 0.05) is 24.4 Å². The Morgan fingerprint density at radius 2 is 1.93 bits per heavy atom. The average Bonchev–Trinajstić information content (AvgIpc) is 2.27. The van der Waals surface area contributed by atoms with E-state index in [-0.39, 0.29) is 11.8 Å². The van der Waals surface area contributed by atoms with Gasteiger partial charge in [0.2, 0.25) is 5.91 Å². The number of nitrogens with one attached hydrogen (secondary N) is 2. The lowest BCUT2D eigenvalue weighted by Gasteiger charge is -2.05. The van der Waals surface area contributed by atoms with Crippen molar-refractivity contribution >= 4 is 11.8 Å². The third kappa shape index (κ3) is 3.76. The Morgan fingerprint density at radius 1 is 1.27 bits per heavy atom. The van der Waals surface area contributed by atoms with Gasteiger partial charge in [0.05, 0.1) is 0 Å². The van der Waals surface area contributed by atoms with Crippen LogP contribution >= 0.6 is 0 Å². The van der Waals surface area contributed by atoms with Crippen LogP contribution in [0.5, 0.6) is 0 Å². The Bertz CT molecular complexity index is 338. The average molecular weight is 207 g/mol. The summed E-state index contributed by atoms with van der Waals surface area (Å²) in [5.41, 5.74) is 5.10. The summed E-state index contributed by atoms with van der Waals surface area (Å²) in [6.07, 6.45) is 4.18. The highest BCUT2D eigenvalue weighted by atomic mass is 16.2. The first-order chi connectivity index (χ1) is 7.24. The fourth-order valence-corrected chi connectivity index (χ4v) is 0.991. The highest BCUT2D eigenvalue weighted by molar-refractivity contribution is 5.95. The van der Waals surface area contributed by atoms with Crippen LogP contribution in [0.4, 0.5) is 0 Å². The second-order valence-electron chi connectivity index (χ2n) is 2.99. The molecule has 15 heavy (non-hydrogen) atoms. The lowest BCUT2D eigenvalue weighted by molar-refractivity contribution is -0.121. The summed E-state index contributed by atoms with van der Waals surface area (Å²) in [7, 11) is 0. The van der Waals surface area contributed by atoms with E-state index in [0.717, 1.165) is 6.42 Å². The maximum absolute atomic E-state index is 11.4. The molecule has 0 unspecified atom stereocenters. The second kappa shape index (κ2) is 5.74. The van der Waals surface area contributed by atoms with E-state index >= 15 is 0 Å². The van der Waals surface area contributed by atoms with E-state index in [1.54, 1.807) is 12.1 Å². The Morgan fingerprint density at radius 3 is 2.53 bits per heavy atom. The normalized spacial score (nSPS) is 9.40. The van der Waals surface area contributed by atoms with Crippen molar-refractivity contribution in [1.29, 1.82) is 0 Å². The molecule has 80 valence electrons. The predicted octanol–water partition coefficient (Wildman–Crippen LogP) is 0.643. The minimum absolute atomic E-state index is 0.195.